The molecule has 0 aromatic carbocycles. The maximum Gasteiger partial charge on any atom is 0.123 e. The molecule has 0 spiro atoms. The first-order valence-electron chi connectivity index (χ1n) is 4.16. The van der Waals surface area contributed by atoms with E-state index in [1.807, 2.05) is 27.7 Å². The van der Waals surface area contributed by atoms with Crippen molar-refractivity contribution >= 4 is 6.29 Å². The number of aliphatic hydroxyl groups excluding tert-OH is 1. The molecule has 68 valence electrons. The Morgan fingerprint density at radius 2 is 1.73 bits per heavy atom. The lowest BCUT2D eigenvalue weighted by molar-refractivity contribution is -0.111. The van der Waals surface area contributed by atoms with Crippen molar-refractivity contribution in [2.24, 2.45) is 11.8 Å². The number of hydrogen-bond acceptors (Lipinski definition) is 2. The van der Waals surface area contributed by atoms with Gasteiger partial charge in [0.1, 0.15) is 6.29 Å². The summed E-state index contributed by atoms with van der Waals surface area (Å²) in [5.41, 5.74) is 0. The molecular formula is C9H20O2. The second kappa shape index (κ2) is 9.63. The number of hydrogen-bond donors (Lipinski definition) is 1. The van der Waals surface area contributed by atoms with Crippen LogP contribution in [-0.2, 0) is 4.79 Å². The Bertz CT molecular complexity index is 77.6. The summed E-state index contributed by atoms with van der Waals surface area (Å²) in [5, 5.41) is 7.88. The standard InChI is InChI=1S/C6H12O.C3H8O/c1-5(2)6(3)4-7;1-2-3-4/h4-6H,1-3H3;4H,2-3H2,1H3. The molecule has 0 aromatic heterocycles. The van der Waals surface area contributed by atoms with Crippen molar-refractivity contribution in [3.63, 3.8) is 0 Å². The molecule has 0 aliphatic heterocycles. The van der Waals surface area contributed by atoms with Crippen molar-refractivity contribution in [1.82, 2.24) is 0 Å². The van der Waals surface area contributed by atoms with Gasteiger partial charge in [0.15, 0.2) is 0 Å². The van der Waals surface area contributed by atoms with E-state index in [1.165, 1.54) is 0 Å². The minimum Gasteiger partial charge on any atom is -0.396 e. The maximum atomic E-state index is 9.95. The average molecular weight is 160 g/mol. The molecule has 1 unspecified atom stereocenters. The minimum atomic E-state index is 0.222. The zero-order chi connectivity index (χ0) is 9.28. The number of aliphatic hydroxyl groups is 1. The molecule has 1 atom stereocenters. The average Bonchev–Trinajstić information content (AvgIpc) is 2.03. The molecule has 0 saturated carbocycles. The van der Waals surface area contributed by atoms with Gasteiger partial charge in [-0.3, -0.25) is 0 Å². The maximum absolute atomic E-state index is 9.95. The van der Waals surface area contributed by atoms with E-state index in [0.717, 1.165) is 12.7 Å². The Balaban J connectivity index is 0. The van der Waals surface area contributed by atoms with Gasteiger partial charge in [-0.15, -0.1) is 0 Å². The van der Waals surface area contributed by atoms with Gasteiger partial charge in [0.25, 0.3) is 0 Å². The molecule has 0 aromatic rings. The molecule has 0 rings (SSSR count). The fourth-order valence-electron chi connectivity index (χ4n) is 0.157. The van der Waals surface area contributed by atoms with E-state index in [0.29, 0.717) is 12.5 Å². The highest BCUT2D eigenvalue weighted by Gasteiger charge is 2.02. The van der Waals surface area contributed by atoms with Crippen LogP contribution in [0.5, 0.6) is 0 Å². The van der Waals surface area contributed by atoms with Crippen molar-refractivity contribution in [3.05, 3.63) is 0 Å². The lowest BCUT2D eigenvalue weighted by atomic mass is 10.0. The summed E-state index contributed by atoms with van der Waals surface area (Å²) in [6, 6.07) is 0. The highest BCUT2D eigenvalue weighted by atomic mass is 16.2. The van der Waals surface area contributed by atoms with E-state index < -0.39 is 0 Å². The molecule has 0 aliphatic carbocycles. The number of aldehydes is 1. The highest BCUT2D eigenvalue weighted by molar-refractivity contribution is 5.52. The molecule has 0 heterocycles. The molecule has 0 amide bonds. The molecule has 2 heteroatoms. The summed E-state index contributed by atoms with van der Waals surface area (Å²) in [6.45, 7) is 8.26. The van der Waals surface area contributed by atoms with Crippen LogP contribution in [-0.4, -0.2) is 18.0 Å². The minimum absolute atomic E-state index is 0.222. The zero-order valence-electron chi connectivity index (χ0n) is 8.00. The van der Waals surface area contributed by atoms with E-state index in [4.69, 9.17) is 5.11 Å². The SMILES string of the molecule is CC(C)C(C)C=O.CCCO. The van der Waals surface area contributed by atoms with Crippen molar-refractivity contribution in [2.75, 3.05) is 6.61 Å². The summed E-state index contributed by atoms with van der Waals surface area (Å²) in [7, 11) is 0. The molecule has 0 saturated heterocycles. The monoisotopic (exact) mass is 160 g/mol. The van der Waals surface area contributed by atoms with Crippen molar-refractivity contribution in [1.29, 1.82) is 0 Å². The first-order valence-corrected chi connectivity index (χ1v) is 4.16. The lowest BCUT2D eigenvalue weighted by Gasteiger charge is -2.04. The van der Waals surface area contributed by atoms with Crippen molar-refractivity contribution in [2.45, 2.75) is 34.1 Å². The van der Waals surface area contributed by atoms with Crippen molar-refractivity contribution in [3.8, 4) is 0 Å². The van der Waals surface area contributed by atoms with E-state index >= 15 is 0 Å². The Morgan fingerprint density at radius 3 is 1.73 bits per heavy atom. The molecule has 1 N–H and O–H groups in total. The fraction of sp³-hybridized carbons (Fsp3) is 0.889. The molecule has 0 fully saturated rings. The molecule has 0 aliphatic rings. The fourth-order valence-corrected chi connectivity index (χ4v) is 0.157. The van der Waals surface area contributed by atoms with Crippen LogP contribution in [0.1, 0.15) is 34.1 Å². The zero-order valence-corrected chi connectivity index (χ0v) is 8.00. The largest absolute Gasteiger partial charge is 0.396 e. The third kappa shape index (κ3) is 12.8. The van der Waals surface area contributed by atoms with Gasteiger partial charge < -0.3 is 9.90 Å². The van der Waals surface area contributed by atoms with Crippen LogP contribution in [0.25, 0.3) is 0 Å². The lowest BCUT2D eigenvalue weighted by Crippen LogP contribution is -2.03. The van der Waals surface area contributed by atoms with Crippen LogP contribution in [0, 0.1) is 11.8 Å². The smallest absolute Gasteiger partial charge is 0.123 e. The Kier molecular flexibility index (Phi) is 11.6. The molecular weight excluding hydrogens is 140 g/mol. The highest BCUT2D eigenvalue weighted by Crippen LogP contribution is 2.04. The van der Waals surface area contributed by atoms with E-state index in [2.05, 4.69) is 0 Å². The predicted octanol–water partition coefficient (Wildman–Crippen LogP) is 1.87. The molecule has 0 radical (unpaired) electrons. The summed E-state index contributed by atoms with van der Waals surface area (Å²) < 4.78 is 0. The van der Waals surface area contributed by atoms with Crippen LogP contribution in [0.15, 0.2) is 0 Å². The number of rotatable bonds is 3. The van der Waals surface area contributed by atoms with Gasteiger partial charge in [-0.1, -0.05) is 27.7 Å². The van der Waals surface area contributed by atoms with Crippen LogP contribution < -0.4 is 0 Å². The molecule has 2 nitrogen and oxygen atoms in total. The van der Waals surface area contributed by atoms with Gasteiger partial charge in [0, 0.05) is 12.5 Å². The second-order valence-electron chi connectivity index (χ2n) is 2.96. The van der Waals surface area contributed by atoms with Gasteiger partial charge in [-0.25, -0.2) is 0 Å². The Hall–Kier alpha value is -0.370. The first kappa shape index (κ1) is 13.2. The first-order chi connectivity index (χ1) is 5.09. The summed E-state index contributed by atoms with van der Waals surface area (Å²) in [5.74, 6) is 0.720. The van der Waals surface area contributed by atoms with Crippen LogP contribution >= 0.6 is 0 Å². The third-order valence-corrected chi connectivity index (χ3v) is 1.49. The van der Waals surface area contributed by atoms with Crippen LogP contribution in [0.4, 0.5) is 0 Å². The summed E-state index contributed by atoms with van der Waals surface area (Å²) in [6.07, 6.45) is 1.87. The number of carbonyl (C=O) groups excluding carboxylic acids is 1. The quantitative estimate of drug-likeness (QED) is 0.640. The number of carbonyl (C=O) groups is 1. The third-order valence-electron chi connectivity index (χ3n) is 1.49. The van der Waals surface area contributed by atoms with Crippen molar-refractivity contribution < 1.29 is 9.90 Å². The van der Waals surface area contributed by atoms with Gasteiger partial charge in [-0.05, 0) is 12.3 Å². The Morgan fingerprint density at radius 1 is 1.36 bits per heavy atom. The van der Waals surface area contributed by atoms with Crippen LogP contribution in [0.3, 0.4) is 0 Å². The van der Waals surface area contributed by atoms with Gasteiger partial charge in [-0.2, -0.15) is 0 Å². The topological polar surface area (TPSA) is 37.3 Å². The normalized spacial score (nSPS) is 11.8. The van der Waals surface area contributed by atoms with Gasteiger partial charge in [0.05, 0.1) is 0 Å². The van der Waals surface area contributed by atoms with Gasteiger partial charge in [0.2, 0.25) is 0 Å². The Labute approximate surface area is 69.6 Å². The molecule has 0 bridgehead atoms. The van der Waals surface area contributed by atoms with E-state index in [1.54, 1.807) is 0 Å². The van der Waals surface area contributed by atoms with E-state index in [-0.39, 0.29) is 5.92 Å². The second-order valence-corrected chi connectivity index (χ2v) is 2.96. The summed E-state index contributed by atoms with van der Waals surface area (Å²) in [4.78, 5) is 9.95. The van der Waals surface area contributed by atoms with E-state index in [9.17, 15) is 4.79 Å². The molecule has 11 heavy (non-hydrogen) atoms. The predicted molar refractivity (Wildman–Crippen MR) is 47.4 cm³/mol. The summed E-state index contributed by atoms with van der Waals surface area (Å²) >= 11 is 0. The van der Waals surface area contributed by atoms with Gasteiger partial charge >= 0.3 is 0 Å². The van der Waals surface area contributed by atoms with Crippen LogP contribution in [0.2, 0.25) is 0 Å².